The van der Waals surface area contributed by atoms with Crippen LogP contribution in [0.4, 0.5) is 5.69 Å². The van der Waals surface area contributed by atoms with Crippen molar-refractivity contribution in [3.8, 4) is 0 Å². The van der Waals surface area contributed by atoms with Gasteiger partial charge in [-0.1, -0.05) is 18.2 Å². The van der Waals surface area contributed by atoms with Crippen molar-refractivity contribution in [2.24, 2.45) is 5.92 Å². The van der Waals surface area contributed by atoms with Gasteiger partial charge >= 0.3 is 0 Å². The predicted octanol–water partition coefficient (Wildman–Crippen LogP) is 1.99. The van der Waals surface area contributed by atoms with Crippen molar-refractivity contribution >= 4 is 11.6 Å². The van der Waals surface area contributed by atoms with Crippen molar-refractivity contribution in [3.63, 3.8) is 0 Å². The monoisotopic (exact) mass is 275 g/mol. The highest BCUT2D eigenvalue weighted by molar-refractivity contribution is 5.78. The molecule has 1 saturated heterocycles. The van der Waals surface area contributed by atoms with Gasteiger partial charge in [-0.25, -0.2) is 0 Å². The van der Waals surface area contributed by atoms with Crippen LogP contribution in [0.3, 0.4) is 0 Å². The number of benzene rings is 1. The van der Waals surface area contributed by atoms with Gasteiger partial charge in [0, 0.05) is 30.7 Å². The molecule has 4 heteroatoms. The SMILES string of the molecule is C[C@H]1C[C@@H](C(=O)NCCCNc2ccccc2)CCN1. The number of carbonyl (C=O) groups is 1. The van der Waals surface area contributed by atoms with Crippen LogP contribution in [-0.2, 0) is 4.79 Å². The summed E-state index contributed by atoms with van der Waals surface area (Å²) in [4.78, 5) is 12.0. The highest BCUT2D eigenvalue weighted by atomic mass is 16.1. The van der Waals surface area contributed by atoms with E-state index in [0.717, 1.165) is 44.6 Å². The molecule has 0 aliphatic carbocycles. The zero-order valence-corrected chi connectivity index (χ0v) is 12.2. The van der Waals surface area contributed by atoms with Crippen molar-refractivity contribution in [2.75, 3.05) is 25.0 Å². The Bertz CT molecular complexity index is 407. The van der Waals surface area contributed by atoms with Crippen molar-refractivity contribution in [3.05, 3.63) is 30.3 Å². The first-order valence-electron chi connectivity index (χ1n) is 7.55. The van der Waals surface area contributed by atoms with Crippen LogP contribution in [0.15, 0.2) is 30.3 Å². The predicted molar refractivity (Wildman–Crippen MR) is 82.7 cm³/mol. The van der Waals surface area contributed by atoms with Gasteiger partial charge in [0.05, 0.1) is 0 Å². The maximum absolute atomic E-state index is 12.0. The molecular weight excluding hydrogens is 250 g/mol. The number of piperidine rings is 1. The molecule has 0 aromatic heterocycles. The summed E-state index contributed by atoms with van der Waals surface area (Å²) in [5.41, 5.74) is 1.13. The molecule has 1 aromatic carbocycles. The zero-order chi connectivity index (χ0) is 14.2. The Morgan fingerprint density at radius 3 is 2.85 bits per heavy atom. The van der Waals surface area contributed by atoms with Gasteiger partial charge < -0.3 is 16.0 Å². The molecule has 3 N–H and O–H groups in total. The topological polar surface area (TPSA) is 53.2 Å². The second-order valence-corrected chi connectivity index (χ2v) is 5.51. The summed E-state index contributed by atoms with van der Waals surface area (Å²) in [6, 6.07) is 10.6. The van der Waals surface area contributed by atoms with Crippen LogP contribution in [0.25, 0.3) is 0 Å². The first-order valence-corrected chi connectivity index (χ1v) is 7.55. The molecule has 1 aliphatic rings. The number of hydrogen-bond donors (Lipinski definition) is 3. The van der Waals surface area contributed by atoms with Gasteiger partial charge in [-0.2, -0.15) is 0 Å². The molecule has 0 unspecified atom stereocenters. The standard InChI is InChI=1S/C16H25N3O/c1-13-12-14(8-11-17-13)16(20)19-10-5-9-18-15-6-3-2-4-7-15/h2-4,6-7,13-14,17-18H,5,8-12H2,1H3,(H,19,20)/t13-,14-/m0/s1. The molecule has 4 nitrogen and oxygen atoms in total. The van der Waals surface area contributed by atoms with E-state index in [1.807, 2.05) is 18.2 Å². The van der Waals surface area contributed by atoms with Gasteiger partial charge in [0.15, 0.2) is 0 Å². The van der Waals surface area contributed by atoms with Crippen LogP contribution in [0.5, 0.6) is 0 Å². The van der Waals surface area contributed by atoms with Gasteiger partial charge in [0.2, 0.25) is 5.91 Å². The fraction of sp³-hybridized carbons (Fsp3) is 0.562. The number of para-hydroxylation sites is 1. The molecule has 1 amide bonds. The number of nitrogens with one attached hydrogen (secondary N) is 3. The Kier molecular flexibility index (Phi) is 5.87. The van der Waals surface area contributed by atoms with Crippen LogP contribution in [0.2, 0.25) is 0 Å². The Labute approximate surface area is 121 Å². The lowest BCUT2D eigenvalue weighted by molar-refractivity contribution is -0.126. The average Bonchev–Trinajstić information content (AvgIpc) is 2.48. The first kappa shape index (κ1) is 14.9. The summed E-state index contributed by atoms with van der Waals surface area (Å²) in [6.07, 6.45) is 2.85. The van der Waals surface area contributed by atoms with Crippen molar-refractivity contribution in [1.29, 1.82) is 0 Å². The quantitative estimate of drug-likeness (QED) is 0.696. The molecule has 1 heterocycles. The van der Waals surface area contributed by atoms with Gasteiger partial charge in [0.1, 0.15) is 0 Å². The van der Waals surface area contributed by atoms with Crippen molar-refractivity contribution < 1.29 is 4.79 Å². The lowest BCUT2D eigenvalue weighted by Crippen LogP contribution is -2.42. The lowest BCUT2D eigenvalue weighted by atomic mass is 9.92. The van der Waals surface area contributed by atoms with Crippen molar-refractivity contribution in [2.45, 2.75) is 32.2 Å². The molecule has 1 aromatic rings. The van der Waals surface area contributed by atoms with Crippen molar-refractivity contribution in [1.82, 2.24) is 10.6 Å². The van der Waals surface area contributed by atoms with Crippen LogP contribution in [0.1, 0.15) is 26.2 Å². The smallest absolute Gasteiger partial charge is 0.223 e. The van der Waals surface area contributed by atoms with E-state index >= 15 is 0 Å². The van der Waals surface area contributed by atoms with E-state index in [2.05, 4.69) is 35.0 Å². The minimum Gasteiger partial charge on any atom is -0.385 e. The fourth-order valence-electron chi connectivity index (χ4n) is 2.60. The normalized spacial score (nSPS) is 22.2. The zero-order valence-electron chi connectivity index (χ0n) is 12.2. The third-order valence-corrected chi connectivity index (χ3v) is 3.75. The van der Waals surface area contributed by atoms with E-state index in [9.17, 15) is 4.79 Å². The maximum atomic E-state index is 12.0. The number of amides is 1. The minimum absolute atomic E-state index is 0.188. The second-order valence-electron chi connectivity index (χ2n) is 5.51. The summed E-state index contributed by atoms with van der Waals surface area (Å²) in [6.45, 7) is 4.72. The fourth-order valence-corrected chi connectivity index (χ4v) is 2.60. The Morgan fingerprint density at radius 1 is 1.30 bits per heavy atom. The summed E-state index contributed by atoms with van der Waals surface area (Å²) in [5, 5.41) is 9.77. The van der Waals surface area contributed by atoms with E-state index in [1.165, 1.54) is 0 Å². The van der Waals surface area contributed by atoms with E-state index in [4.69, 9.17) is 0 Å². The molecule has 20 heavy (non-hydrogen) atoms. The van der Waals surface area contributed by atoms with Gasteiger partial charge in [-0.3, -0.25) is 4.79 Å². The van der Waals surface area contributed by atoms with Gasteiger partial charge in [0.25, 0.3) is 0 Å². The van der Waals surface area contributed by atoms with Crippen LogP contribution in [0, 0.1) is 5.92 Å². The molecule has 2 atom stereocenters. The Morgan fingerprint density at radius 2 is 2.10 bits per heavy atom. The molecule has 1 fully saturated rings. The lowest BCUT2D eigenvalue weighted by Gasteiger charge is -2.27. The molecule has 0 saturated carbocycles. The van der Waals surface area contributed by atoms with E-state index in [-0.39, 0.29) is 11.8 Å². The van der Waals surface area contributed by atoms with Crippen LogP contribution in [-0.4, -0.2) is 31.6 Å². The van der Waals surface area contributed by atoms with E-state index < -0.39 is 0 Å². The number of anilines is 1. The Balaban J connectivity index is 1.57. The molecule has 0 bridgehead atoms. The number of carbonyl (C=O) groups excluding carboxylic acids is 1. The summed E-state index contributed by atoms with van der Waals surface area (Å²) >= 11 is 0. The highest BCUT2D eigenvalue weighted by Crippen LogP contribution is 2.15. The summed E-state index contributed by atoms with van der Waals surface area (Å²) < 4.78 is 0. The molecule has 1 aliphatic heterocycles. The molecule has 0 spiro atoms. The van der Waals surface area contributed by atoms with E-state index in [0.29, 0.717) is 6.04 Å². The van der Waals surface area contributed by atoms with Crippen LogP contribution < -0.4 is 16.0 Å². The number of rotatable bonds is 6. The van der Waals surface area contributed by atoms with Gasteiger partial charge in [-0.05, 0) is 44.9 Å². The molecular formula is C16H25N3O. The second kappa shape index (κ2) is 7.90. The third kappa shape index (κ3) is 4.85. The minimum atomic E-state index is 0.188. The number of hydrogen-bond acceptors (Lipinski definition) is 3. The van der Waals surface area contributed by atoms with Gasteiger partial charge in [-0.15, -0.1) is 0 Å². The molecule has 2 rings (SSSR count). The Hall–Kier alpha value is -1.55. The summed E-state index contributed by atoms with van der Waals surface area (Å²) in [7, 11) is 0. The third-order valence-electron chi connectivity index (χ3n) is 3.75. The highest BCUT2D eigenvalue weighted by Gasteiger charge is 2.23. The summed E-state index contributed by atoms with van der Waals surface area (Å²) in [5.74, 6) is 0.409. The molecule has 0 radical (unpaired) electrons. The largest absolute Gasteiger partial charge is 0.385 e. The maximum Gasteiger partial charge on any atom is 0.223 e. The molecule has 110 valence electrons. The average molecular weight is 275 g/mol. The van der Waals surface area contributed by atoms with E-state index in [1.54, 1.807) is 0 Å². The van der Waals surface area contributed by atoms with Crippen LogP contribution >= 0.6 is 0 Å². The first-order chi connectivity index (χ1) is 9.75.